The van der Waals surface area contributed by atoms with Gasteiger partial charge in [0, 0.05) is 40.4 Å². The topological polar surface area (TPSA) is 54.0 Å². The summed E-state index contributed by atoms with van der Waals surface area (Å²) in [4.78, 5) is 15.5. The van der Waals surface area contributed by atoms with Crippen LogP contribution in [0.2, 0.25) is 0 Å². The van der Waals surface area contributed by atoms with Crippen LogP contribution in [0.25, 0.3) is 10.8 Å². The van der Waals surface area contributed by atoms with Gasteiger partial charge >= 0.3 is 0 Å². The third-order valence-corrected chi connectivity index (χ3v) is 4.05. The van der Waals surface area contributed by atoms with Crippen LogP contribution in [-0.4, -0.2) is 23.5 Å². The van der Waals surface area contributed by atoms with Gasteiger partial charge in [-0.15, -0.1) is 0 Å². The van der Waals surface area contributed by atoms with Gasteiger partial charge in [0.2, 0.25) is 5.91 Å². The first kappa shape index (κ1) is 12.4. The molecule has 1 saturated heterocycles. The number of benzene rings is 1. The minimum Gasteiger partial charge on any atom is -0.367 e. The maximum atomic E-state index is 11.2. The monoisotopic (exact) mass is 319 g/mol. The van der Waals surface area contributed by atoms with E-state index in [2.05, 4.69) is 31.5 Å². The number of anilines is 1. The molecule has 1 aliphatic rings. The second-order valence-corrected chi connectivity index (χ2v) is 5.53. The number of halogens is 1. The van der Waals surface area contributed by atoms with Crippen LogP contribution >= 0.6 is 15.9 Å². The molecule has 0 radical (unpaired) electrons. The van der Waals surface area contributed by atoms with Crippen LogP contribution in [0.3, 0.4) is 0 Å². The van der Waals surface area contributed by atoms with Crippen molar-refractivity contribution in [2.24, 2.45) is 0 Å². The van der Waals surface area contributed by atoms with Gasteiger partial charge in [0.05, 0.1) is 0 Å². The summed E-state index contributed by atoms with van der Waals surface area (Å²) in [6, 6.07) is 8.25. The molecule has 1 unspecified atom stereocenters. The molecule has 2 aromatic rings. The molecule has 19 heavy (non-hydrogen) atoms. The first-order valence-corrected chi connectivity index (χ1v) is 7.10. The highest BCUT2D eigenvalue weighted by atomic mass is 79.9. The summed E-state index contributed by atoms with van der Waals surface area (Å²) in [5, 5.41) is 8.49. The lowest BCUT2D eigenvalue weighted by Crippen LogP contribution is -2.32. The molecule has 1 aliphatic heterocycles. The van der Waals surface area contributed by atoms with E-state index in [1.54, 1.807) is 6.20 Å². The fourth-order valence-electron chi connectivity index (χ4n) is 2.36. The van der Waals surface area contributed by atoms with Crippen molar-refractivity contribution in [3.05, 3.63) is 34.9 Å². The number of rotatable bonds is 3. The molecule has 5 heteroatoms. The molecule has 2 heterocycles. The molecule has 0 spiro atoms. The number of aromatic nitrogens is 1. The Morgan fingerprint density at radius 3 is 3.05 bits per heavy atom. The number of amides is 1. The number of hydrogen-bond donors (Lipinski definition) is 2. The van der Waals surface area contributed by atoms with Gasteiger partial charge in [-0.2, -0.15) is 0 Å². The van der Waals surface area contributed by atoms with Crippen LogP contribution in [0.15, 0.2) is 34.9 Å². The molecule has 1 atom stereocenters. The standard InChI is InChI=1S/C14H14BrN3O/c15-12-3-1-2-11-10(12)6-7-16-14(11)17-8-9-4-5-13(19)18-9/h1-3,6-7,9H,4-5,8H2,(H,16,17)(H,18,19). The van der Waals surface area contributed by atoms with E-state index in [1.165, 1.54) is 0 Å². The maximum Gasteiger partial charge on any atom is 0.220 e. The van der Waals surface area contributed by atoms with E-state index in [0.29, 0.717) is 13.0 Å². The van der Waals surface area contributed by atoms with Gasteiger partial charge in [-0.05, 0) is 18.6 Å². The zero-order valence-corrected chi connectivity index (χ0v) is 11.9. The summed E-state index contributed by atoms with van der Waals surface area (Å²) in [5.41, 5.74) is 0. The van der Waals surface area contributed by atoms with Crippen molar-refractivity contribution in [3.63, 3.8) is 0 Å². The molecule has 4 nitrogen and oxygen atoms in total. The summed E-state index contributed by atoms with van der Waals surface area (Å²) < 4.78 is 1.06. The van der Waals surface area contributed by atoms with Gasteiger partial charge in [-0.3, -0.25) is 4.79 Å². The highest BCUT2D eigenvalue weighted by Crippen LogP contribution is 2.27. The molecule has 3 rings (SSSR count). The Morgan fingerprint density at radius 2 is 2.26 bits per heavy atom. The van der Waals surface area contributed by atoms with Crippen molar-refractivity contribution >= 4 is 38.4 Å². The molecule has 1 aromatic heterocycles. The van der Waals surface area contributed by atoms with Crippen LogP contribution in [0.5, 0.6) is 0 Å². The highest BCUT2D eigenvalue weighted by molar-refractivity contribution is 9.10. The van der Waals surface area contributed by atoms with Gasteiger partial charge in [0.25, 0.3) is 0 Å². The number of hydrogen-bond acceptors (Lipinski definition) is 3. The lowest BCUT2D eigenvalue weighted by atomic mass is 10.1. The van der Waals surface area contributed by atoms with E-state index in [4.69, 9.17) is 0 Å². The predicted molar refractivity (Wildman–Crippen MR) is 79.1 cm³/mol. The molecule has 1 aromatic carbocycles. The van der Waals surface area contributed by atoms with Crippen LogP contribution in [-0.2, 0) is 4.79 Å². The lowest BCUT2D eigenvalue weighted by Gasteiger charge is -2.13. The Morgan fingerprint density at radius 1 is 1.37 bits per heavy atom. The SMILES string of the molecule is O=C1CCC(CNc2nccc3c(Br)cccc23)N1. The first-order valence-electron chi connectivity index (χ1n) is 6.30. The summed E-state index contributed by atoms with van der Waals surface area (Å²) in [6.07, 6.45) is 3.31. The van der Waals surface area contributed by atoms with Crippen molar-refractivity contribution in [1.29, 1.82) is 0 Å². The molecule has 1 amide bonds. The Labute approximate surface area is 119 Å². The van der Waals surface area contributed by atoms with E-state index < -0.39 is 0 Å². The highest BCUT2D eigenvalue weighted by Gasteiger charge is 2.20. The fourth-order valence-corrected chi connectivity index (χ4v) is 2.86. The molecule has 0 saturated carbocycles. The van der Waals surface area contributed by atoms with Gasteiger partial charge in [-0.25, -0.2) is 4.98 Å². The zero-order chi connectivity index (χ0) is 13.2. The lowest BCUT2D eigenvalue weighted by molar-refractivity contribution is -0.119. The van der Waals surface area contributed by atoms with Gasteiger partial charge in [0.1, 0.15) is 5.82 Å². The number of fused-ring (bicyclic) bond motifs is 1. The minimum atomic E-state index is 0.139. The normalized spacial score (nSPS) is 18.6. The molecule has 98 valence electrons. The smallest absolute Gasteiger partial charge is 0.220 e. The largest absolute Gasteiger partial charge is 0.367 e. The van der Waals surface area contributed by atoms with Gasteiger partial charge in [-0.1, -0.05) is 28.1 Å². The van der Waals surface area contributed by atoms with Crippen LogP contribution in [0.1, 0.15) is 12.8 Å². The van der Waals surface area contributed by atoms with Crippen LogP contribution < -0.4 is 10.6 Å². The third kappa shape index (κ3) is 2.56. The summed E-state index contributed by atoms with van der Waals surface area (Å²) in [7, 11) is 0. The van der Waals surface area contributed by atoms with E-state index in [1.807, 2.05) is 24.3 Å². The van der Waals surface area contributed by atoms with E-state index in [9.17, 15) is 4.79 Å². The fraction of sp³-hybridized carbons (Fsp3) is 0.286. The summed E-state index contributed by atoms with van der Waals surface area (Å²) in [6.45, 7) is 0.713. The molecular weight excluding hydrogens is 306 g/mol. The number of nitrogens with zero attached hydrogens (tertiary/aromatic N) is 1. The average molecular weight is 320 g/mol. The number of pyridine rings is 1. The molecule has 0 aliphatic carbocycles. The second kappa shape index (κ2) is 5.17. The molecule has 2 N–H and O–H groups in total. The predicted octanol–water partition coefficient (Wildman–Crippen LogP) is 2.69. The van der Waals surface area contributed by atoms with E-state index >= 15 is 0 Å². The summed E-state index contributed by atoms with van der Waals surface area (Å²) >= 11 is 3.54. The zero-order valence-electron chi connectivity index (χ0n) is 10.3. The Kier molecular flexibility index (Phi) is 3.38. The number of carbonyl (C=O) groups is 1. The van der Waals surface area contributed by atoms with Crippen molar-refractivity contribution in [3.8, 4) is 0 Å². The Bertz CT molecular complexity index is 629. The van der Waals surface area contributed by atoms with Crippen molar-refractivity contribution in [2.45, 2.75) is 18.9 Å². The number of carbonyl (C=O) groups excluding carboxylic acids is 1. The number of nitrogens with one attached hydrogen (secondary N) is 2. The Hall–Kier alpha value is -1.62. The average Bonchev–Trinajstić information content (AvgIpc) is 2.83. The van der Waals surface area contributed by atoms with Crippen LogP contribution in [0, 0.1) is 0 Å². The molecule has 0 bridgehead atoms. The van der Waals surface area contributed by atoms with E-state index in [-0.39, 0.29) is 11.9 Å². The van der Waals surface area contributed by atoms with Crippen molar-refractivity contribution < 1.29 is 4.79 Å². The van der Waals surface area contributed by atoms with Crippen LogP contribution in [0.4, 0.5) is 5.82 Å². The Balaban J connectivity index is 1.81. The molecular formula is C14H14BrN3O. The van der Waals surface area contributed by atoms with Crippen molar-refractivity contribution in [1.82, 2.24) is 10.3 Å². The second-order valence-electron chi connectivity index (χ2n) is 4.68. The third-order valence-electron chi connectivity index (χ3n) is 3.35. The van der Waals surface area contributed by atoms with Gasteiger partial charge in [0.15, 0.2) is 0 Å². The maximum absolute atomic E-state index is 11.2. The minimum absolute atomic E-state index is 0.139. The quantitative estimate of drug-likeness (QED) is 0.914. The van der Waals surface area contributed by atoms with Crippen molar-refractivity contribution in [2.75, 3.05) is 11.9 Å². The first-order chi connectivity index (χ1) is 9.24. The van der Waals surface area contributed by atoms with E-state index in [0.717, 1.165) is 27.5 Å². The van der Waals surface area contributed by atoms with Gasteiger partial charge < -0.3 is 10.6 Å². The summed E-state index contributed by atoms with van der Waals surface area (Å²) in [5.74, 6) is 1.00. The molecule has 1 fully saturated rings.